The summed E-state index contributed by atoms with van der Waals surface area (Å²) in [6.45, 7) is 0. The van der Waals surface area contributed by atoms with Gasteiger partial charge in [0.1, 0.15) is 11.5 Å². The minimum Gasteiger partial charge on any atom is -0.396 e. The zero-order chi connectivity index (χ0) is 11.8. The van der Waals surface area contributed by atoms with E-state index in [1.54, 1.807) is 12.3 Å². The van der Waals surface area contributed by atoms with Gasteiger partial charge in [0.2, 0.25) is 0 Å². The van der Waals surface area contributed by atoms with Crippen LogP contribution in [0.1, 0.15) is 0 Å². The predicted octanol–water partition coefficient (Wildman–Crippen LogP) is 3.08. The zero-order valence-electron chi connectivity index (χ0n) is 8.72. The number of hydrogen-bond donors (Lipinski definition) is 1. The summed E-state index contributed by atoms with van der Waals surface area (Å²) in [5, 5.41) is 0.840. The maximum absolute atomic E-state index is 13.3. The summed E-state index contributed by atoms with van der Waals surface area (Å²) in [5.74, 6) is -0.409. The molecule has 2 aromatic heterocycles. The van der Waals surface area contributed by atoms with Crippen molar-refractivity contribution in [3.63, 3.8) is 0 Å². The summed E-state index contributed by atoms with van der Waals surface area (Å²) >= 11 is 1.25. The third-order valence-corrected chi connectivity index (χ3v) is 3.31. The van der Waals surface area contributed by atoms with Crippen LogP contribution in [0.4, 0.5) is 10.1 Å². The first-order chi connectivity index (χ1) is 8.25. The molecule has 0 aliphatic rings. The second kappa shape index (κ2) is 3.78. The van der Waals surface area contributed by atoms with E-state index in [-0.39, 0.29) is 5.69 Å². The maximum Gasteiger partial charge on any atom is 0.147 e. The van der Waals surface area contributed by atoms with Gasteiger partial charge < -0.3 is 5.73 Å². The number of nitrogens with two attached hydrogens (primary N) is 1. The topological polar surface area (TPSA) is 51.8 Å². The van der Waals surface area contributed by atoms with Crippen molar-refractivity contribution in [1.82, 2.24) is 9.36 Å². The Morgan fingerprint density at radius 3 is 2.88 bits per heavy atom. The summed E-state index contributed by atoms with van der Waals surface area (Å²) in [6.07, 6.45) is 1.70. The van der Waals surface area contributed by atoms with E-state index in [2.05, 4.69) is 9.36 Å². The highest BCUT2D eigenvalue weighted by Crippen LogP contribution is 2.32. The van der Waals surface area contributed by atoms with Crippen molar-refractivity contribution in [2.75, 3.05) is 5.73 Å². The second-order valence-electron chi connectivity index (χ2n) is 3.62. The van der Waals surface area contributed by atoms with Crippen molar-refractivity contribution in [3.05, 3.63) is 42.3 Å². The Balaban J connectivity index is 2.29. The smallest absolute Gasteiger partial charge is 0.147 e. The molecule has 0 saturated carbocycles. The number of anilines is 1. The lowest BCUT2D eigenvalue weighted by Crippen LogP contribution is -1.89. The van der Waals surface area contributed by atoms with E-state index in [9.17, 15) is 4.39 Å². The quantitative estimate of drug-likeness (QED) is 0.670. The molecule has 3 rings (SSSR count). The van der Waals surface area contributed by atoms with Crippen LogP contribution in [0.25, 0.3) is 21.5 Å². The molecular weight excluding hydrogens is 237 g/mol. The van der Waals surface area contributed by atoms with Crippen molar-refractivity contribution in [2.24, 2.45) is 0 Å². The summed E-state index contributed by atoms with van der Waals surface area (Å²) in [4.78, 5) is 4.23. The van der Waals surface area contributed by atoms with Crippen molar-refractivity contribution in [1.29, 1.82) is 0 Å². The fraction of sp³-hybridized carbons (Fsp3) is 0. The summed E-state index contributed by atoms with van der Waals surface area (Å²) in [5.41, 5.74) is 7.22. The molecule has 0 saturated heterocycles. The van der Waals surface area contributed by atoms with Crippen LogP contribution in [0.3, 0.4) is 0 Å². The molecule has 0 aliphatic heterocycles. The molecule has 2 N–H and O–H groups in total. The van der Waals surface area contributed by atoms with Gasteiger partial charge in [-0.05, 0) is 35.8 Å². The third kappa shape index (κ3) is 1.64. The Bertz CT molecular complexity index is 679. The summed E-state index contributed by atoms with van der Waals surface area (Å²) in [6, 6.07) is 8.62. The Hall–Kier alpha value is -2.01. The van der Waals surface area contributed by atoms with Crippen LogP contribution in [0.15, 0.2) is 36.5 Å². The van der Waals surface area contributed by atoms with Gasteiger partial charge in [-0.25, -0.2) is 4.39 Å². The van der Waals surface area contributed by atoms with Gasteiger partial charge in [0.15, 0.2) is 0 Å². The highest BCUT2D eigenvalue weighted by molar-refractivity contribution is 7.13. The van der Waals surface area contributed by atoms with Crippen LogP contribution in [-0.4, -0.2) is 9.36 Å². The highest BCUT2D eigenvalue weighted by atomic mass is 32.1. The fourth-order valence-corrected chi connectivity index (χ4v) is 2.46. The van der Waals surface area contributed by atoms with Crippen LogP contribution in [0.5, 0.6) is 0 Å². The van der Waals surface area contributed by atoms with Crippen molar-refractivity contribution >= 4 is 27.3 Å². The number of nitrogen functional groups attached to an aromatic ring is 1. The average Bonchev–Trinajstić information content (AvgIpc) is 2.74. The lowest BCUT2D eigenvalue weighted by Gasteiger charge is -1.99. The van der Waals surface area contributed by atoms with E-state index >= 15 is 0 Å². The lowest BCUT2D eigenvalue weighted by molar-refractivity contribution is 0.634. The largest absolute Gasteiger partial charge is 0.396 e. The molecular formula is C12H8FN3S. The average molecular weight is 245 g/mol. The molecule has 0 fully saturated rings. The molecule has 84 valence electrons. The molecule has 17 heavy (non-hydrogen) atoms. The number of fused-ring (bicyclic) bond motifs is 1. The van der Waals surface area contributed by atoms with Gasteiger partial charge in [0.25, 0.3) is 0 Å². The Morgan fingerprint density at radius 1 is 1.24 bits per heavy atom. The minimum atomic E-state index is -0.409. The van der Waals surface area contributed by atoms with Gasteiger partial charge in [-0.2, -0.15) is 4.37 Å². The molecule has 0 atom stereocenters. The number of pyridine rings is 1. The highest BCUT2D eigenvalue weighted by Gasteiger charge is 2.11. The van der Waals surface area contributed by atoms with E-state index in [0.29, 0.717) is 0 Å². The van der Waals surface area contributed by atoms with Crippen LogP contribution in [0.2, 0.25) is 0 Å². The first kappa shape index (κ1) is 10.2. The van der Waals surface area contributed by atoms with E-state index in [0.717, 1.165) is 21.5 Å². The number of benzene rings is 1. The minimum absolute atomic E-state index is 0.134. The molecule has 0 amide bonds. The third-order valence-electron chi connectivity index (χ3n) is 2.50. The maximum atomic E-state index is 13.3. The Labute approximate surface area is 101 Å². The molecule has 5 heteroatoms. The monoisotopic (exact) mass is 245 g/mol. The molecule has 1 aromatic carbocycles. The zero-order valence-corrected chi connectivity index (χ0v) is 9.54. The summed E-state index contributed by atoms with van der Waals surface area (Å²) in [7, 11) is 0. The molecule has 0 bridgehead atoms. The van der Waals surface area contributed by atoms with Gasteiger partial charge >= 0.3 is 0 Å². The van der Waals surface area contributed by atoms with Crippen LogP contribution in [-0.2, 0) is 0 Å². The summed E-state index contributed by atoms with van der Waals surface area (Å²) < 4.78 is 18.4. The lowest BCUT2D eigenvalue weighted by atomic mass is 10.1. The SMILES string of the molecule is Nc1cc2c(-c3ccccn3)nsc2cc1F. The molecule has 3 aromatic rings. The standard InChI is InChI=1S/C12H8FN3S/c13-8-6-11-7(5-9(8)14)12(16-17-11)10-3-1-2-4-15-10/h1-6H,14H2. The fourth-order valence-electron chi connectivity index (χ4n) is 1.66. The first-order valence-electron chi connectivity index (χ1n) is 5.01. The molecule has 0 aliphatic carbocycles. The van der Waals surface area contributed by atoms with Crippen LogP contribution in [0, 0.1) is 5.82 Å². The number of nitrogens with zero attached hydrogens (tertiary/aromatic N) is 2. The predicted molar refractivity (Wildman–Crippen MR) is 67.2 cm³/mol. The van der Waals surface area contributed by atoms with E-state index < -0.39 is 5.82 Å². The van der Waals surface area contributed by atoms with Crippen LogP contribution >= 0.6 is 11.5 Å². The van der Waals surface area contributed by atoms with Gasteiger partial charge in [0, 0.05) is 11.6 Å². The second-order valence-corrected chi connectivity index (χ2v) is 4.42. The normalized spacial score (nSPS) is 10.9. The van der Waals surface area contributed by atoms with Gasteiger partial charge in [-0.3, -0.25) is 4.98 Å². The van der Waals surface area contributed by atoms with E-state index in [1.165, 1.54) is 17.6 Å². The Morgan fingerprint density at radius 2 is 2.12 bits per heavy atom. The van der Waals surface area contributed by atoms with Crippen molar-refractivity contribution in [2.45, 2.75) is 0 Å². The number of rotatable bonds is 1. The van der Waals surface area contributed by atoms with Gasteiger partial charge in [0.05, 0.1) is 16.1 Å². The van der Waals surface area contributed by atoms with Crippen LogP contribution < -0.4 is 5.73 Å². The molecule has 2 heterocycles. The molecule has 0 radical (unpaired) electrons. The molecule has 0 spiro atoms. The number of halogens is 1. The molecule has 0 unspecified atom stereocenters. The van der Waals surface area contributed by atoms with Crippen molar-refractivity contribution in [3.8, 4) is 11.4 Å². The van der Waals surface area contributed by atoms with E-state index in [4.69, 9.17) is 5.73 Å². The van der Waals surface area contributed by atoms with Gasteiger partial charge in [-0.15, -0.1) is 0 Å². The number of aromatic nitrogens is 2. The van der Waals surface area contributed by atoms with Crippen molar-refractivity contribution < 1.29 is 4.39 Å². The van der Waals surface area contributed by atoms with Gasteiger partial charge in [-0.1, -0.05) is 6.07 Å². The molecule has 3 nitrogen and oxygen atoms in total. The first-order valence-corrected chi connectivity index (χ1v) is 5.79. The number of hydrogen-bond acceptors (Lipinski definition) is 4. The van der Waals surface area contributed by atoms with E-state index in [1.807, 2.05) is 18.2 Å². The Kier molecular flexibility index (Phi) is 2.26.